The lowest BCUT2D eigenvalue weighted by Crippen LogP contribution is -2.45. The van der Waals surface area contributed by atoms with E-state index in [-0.39, 0.29) is 29.6 Å². The maximum atomic E-state index is 12.5. The molecular weight excluding hydrogens is 392 g/mol. The molecule has 1 atom stereocenters. The maximum absolute atomic E-state index is 12.5. The lowest BCUT2D eigenvalue weighted by atomic mass is 9.95. The number of hydrogen-bond donors (Lipinski definition) is 3. The lowest BCUT2D eigenvalue weighted by molar-refractivity contribution is -0.140. The third-order valence-electron chi connectivity index (χ3n) is 3.68. The molecule has 0 aromatic heterocycles. The first kappa shape index (κ1) is 19.1. The van der Waals surface area contributed by atoms with Crippen molar-refractivity contribution in [3.8, 4) is 11.5 Å². The summed E-state index contributed by atoms with van der Waals surface area (Å²) in [4.78, 5) is 24.4. The van der Waals surface area contributed by atoms with Gasteiger partial charge in [0, 0.05) is 5.70 Å². The van der Waals surface area contributed by atoms with E-state index in [9.17, 15) is 14.7 Å². The first-order chi connectivity index (χ1) is 11.8. The normalized spacial score (nSPS) is 17.2. The van der Waals surface area contributed by atoms with E-state index >= 15 is 0 Å². The van der Waals surface area contributed by atoms with Gasteiger partial charge in [-0.2, -0.15) is 0 Å². The summed E-state index contributed by atoms with van der Waals surface area (Å²) in [5, 5.41) is 15.5. The third-order valence-corrected chi connectivity index (χ3v) is 4.51. The van der Waals surface area contributed by atoms with Crippen molar-refractivity contribution in [1.29, 1.82) is 0 Å². The number of esters is 1. The van der Waals surface area contributed by atoms with Gasteiger partial charge in [-0.1, -0.05) is 19.9 Å². The summed E-state index contributed by atoms with van der Waals surface area (Å²) < 4.78 is 10.7. The predicted molar refractivity (Wildman–Crippen MR) is 95.3 cm³/mol. The van der Waals surface area contributed by atoms with Crippen LogP contribution in [0.15, 0.2) is 27.9 Å². The first-order valence-corrected chi connectivity index (χ1v) is 8.56. The summed E-state index contributed by atoms with van der Waals surface area (Å²) >= 11 is 3.31. The highest BCUT2D eigenvalue weighted by Crippen LogP contribution is 2.41. The standard InChI is InChI=1S/C17H21BrN2O5/c1-8(2)7-25-16(22)12-9(3)19-17(23)20-14(12)10-5-6-11(24-4)15(21)13(10)18/h5-6,8,14,21H,7H2,1-4H3,(H2,19,20,23). The minimum absolute atomic E-state index is 0.111. The molecule has 3 N–H and O–H groups in total. The van der Waals surface area contributed by atoms with Crippen LogP contribution in [-0.4, -0.2) is 30.8 Å². The molecule has 1 aromatic rings. The highest BCUT2D eigenvalue weighted by atomic mass is 79.9. The van der Waals surface area contributed by atoms with E-state index in [1.807, 2.05) is 13.8 Å². The minimum atomic E-state index is -0.764. The lowest BCUT2D eigenvalue weighted by Gasteiger charge is -2.29. The van der Waals surface area contributed by atoms with E-state index in [1.54, 1.807) is 19.1 Å². The Balaban J connectivity index is 2.46. The van der Waals surface area contributed by atoms with Crippen LogP contribution in [-0.2, 0) is 9.53 Å². The molecule has 1 aromatic carbocycles. The summed E-state index contributed by atoms with van der Waals surface area (Å²) in [7, 11) is 1.44. The van der Waals surface area contributed by atoms with Gasteiger partial charge in [0.15, 0.2) is 11.5 Å². The number of rotatable bonds is 5. The van der Waals surface area contributed by atoms with Crippen molar-refractivity contribution < 1.29 is 24.2 Å². The zero-order valence-corrected chi connectivity index (χ0v) is 16.1. The summed E-state index contributed by atoms with van der Waals surface area (Å²) in [6.45, 7) is 5.77. The molecule has 1 unspecified atom stereocenters. The topological polar surface area (TPSA) is 96.9 Å². The van der Waals surface area contributed by atoms with Gasteiger partial charge in [-0.3, -0.25) is 0 Å². The summed E-state index contributed by atoms with van der Waals surface area (Å²) in [5.41, 5.74) is 1.21. The second kappa shape index (κ2) is 7.77. The Labute approximate surface area is 154 Å². The molecule has 136 valence electrons. The van der Waals surface area contributed by atoms with Crippen LogP contribution in [0.1, 0.15) is 32.4 Å². The molecule has 25 heavy (non-hydrogen) atoms. The molecule has 0 radical (unpaired) electrons. The molecule has 0 saturated carbocycles. The smallest absolute Gasteiger partial charge is 0.338 e. The number of halogens is 1. The van der Waals surface area contributed by atoms with Crippen molar-refractivity contribution in [3.05, 3.63) is 33.4 Å². The van der Waals surface area contributed by atoms with E-state index in [1.165, 1.54) is 7.11 Å². The van der Waals surface area contributed by atoms with Crippen molar-refractivity contribution in [3.63, 3.8) is 0 Å². The van der Waals surface area contributed by atoms with Gasteiger partial charge in [-0.25, -0.2) is 9.59 Å². The molecular formula is C17H21BrN2O5. The second-order valence-electron chi connectivity index (χ2n) is 6.08. The van der Waals surface area contributed by atoms with E-state index in [4.69, 9.17) is 9.47 Å². The number of carbonyl (C=O) groups is 2. The molecule has 0 fully saturated rings. The molecule has 2 amide bonds. The Morgan fingerprint density at radius 1 is 1.40 bits per heavy atom. The van der Waals surface area contributed by atoms with Crippen LogP contribution >= 0.6 is 15.9 Å². The Morgan fingerprint density at radius 2 is 2.08 bits per heavy atom. The number of ether oxygens (including phenoxy) is 2. The molecule has 7 nitrogen and oxygen atoms in total. The highest BCUT2D eigenvalue weighted by molar-refractivity contribution is 9.10. The third kappa shape index (κ3) is 4.07. The number of benzene rings is 1. The Morgan fingerprint density at radius 3 is 2.68 bits per heavy atom. The molecule has 0 bridgehead atoms. The average Bonchev–Trinajstić information content (AvgIpc) is 2.54. The number of urea groups is 1. The number of nitrogens with one attached hydrogen (secondary N) is 2. The van der Waals surface area contributed by atoms with Gasteiger partial charge in [-0.15, -0.1) is 0 Å². The fourth-order valence-corrected chi connectivity index (χ4v) is 3.02. The van der Waals surface area contributed by atoms with Crippen molar-refractivity contribution in [1.82, 2.24) is 10.6 Å². The van der Waals surface area contributed by atoms with E-state index in [0.29, 0.717) is 15.7 Å². The second-order valence-corrected chi connectivity index (χ2v) is 6.88. The quantitative estimate of drug-likeness (QED) is 0.645. The first-order valence-electron chi connectivity index (χ1n) is 7.77. The number of phenols is 1. The number of amides is 2. The fraction of sp³-hybridized carbons (Fsp3) is 0.412. The molecule has 1 heterocycles. The van der Waals surface area contributed by atoms with Crippen LogP contribution in [0.2, 0.25) is 0 Å². The molecule has 8 heteroatoms. The van der Waals surface area contributed by atoms with Crippen LogP contribution in [0.4, 0.5) is 4.79 Å². The van der Waals surface area contributed by atoms with Crippen LogP contribution in [0.25, 0.3) is 0 Å². The van der Waals surface area contributed by atoms with Crippen molar-refractivity contribution >= 4 is 27.9 Å². The SMILES string of the molecule is COc1ccc(C2NC(=O)NC(C)=C2C(=O)OCC(C)C)c(Br)c1O. The zero-order chi connectivity index (χ0) is 18.7. The number of aromatic hydroxyl groups is 1. The summed E-state index contributed by atoms with van der Waals surface area (Å²) in [6.07, 6.45) is 0. The van der Waals surface area contributed by atoms with Crippen molar-refractivity contribution in [2.24, 2.45) is 5.92 Å². The Kier molecular flexibility index (Phi) is 5.94. The van der Waals surface area contributed by atoms with Crippen molar-refractivity contribution in [2.45, 2.75) is 26.8 Å². The number of phenolic OH excluding ortho intramolecular Hbond substituents is 1. The number of methoxy groups -OCH3 is 1. The minimum Gasteiger partial charge on any atom is -0.503 e. The number of hydrogen-bond acceptors (Lipinski definition) is 5. The van der Waals surface area contributed by atoms with Gasteiger partial charge in [0.25, 0.3) is 0 Å². The van der Waals surface area contributed by atoms with Gasteiger partial charge in [-0.05, 0) is 40.4 Å². The van der Waals surface area contributed by atoms with Gasteiger partial charge in [0.2, 0.25) is 0 Å². The maximum Gasteiger partial charge on any atom is 0.338 e. The van der Waals surface area contributed by atoms with E-state index in [0.717, 1.165) is 0 Å². The molecule has 1 aliphatic rings. The number of allylic oxidation sites excluding steroid dienone is 1. The van der Waals surface area contributed by atoms with Crippen LogP contribution in [0.5, 0.6) is 11.5 Å². The van der Waals surface area contributed by atoms with Crippen LogP contribution in [0.3, 0.4) is 0 Å². The van der Waals surface area contributed by atoms with Crippen LogP contribution < -0.4 is 15.4 Å². The van der Waals surface area contributed by atoms with Crippen molar-refractivity contribution in [2.75, 3.05) is 13.7 Å². The van der Waals surface area contributed by atoms with E-state index in [2.05, 4.69) is 26.6 Å². The summed E-state index contributed by atoms with van der Waals surface area (Å²) in [6, 6.07) is 2.03. The van der Waals surface area contributed by atoms with Gasteiger partial charge in [0.05, 0.1) is 29.8 Å². The van der Waals surface area contributed by atoms with Crippen LogP contribution in [0, 0.1) is 5.92 Å². The van der Waals surface area contributed by atoms with E-state index < -0.39 is 18.0 Å². The largest absolute Gasteiger partial charge is 0.503 e. The average molecular weight is 413 g/mol. The molecule has 1 aliphatic heterocycles. The molecule has 0 saturated heterocycles. The zero-order valence-electron chi connectivity index (χ0n) is 14.5. The fourth-order valence-electron chi connectivity index (χ4n) is 2.47. The summed E-state index contributed by atoms with van der Waals surface area (Å²) in [5.74, 6) is -0.169. The molecule has 0 aliphatic carbocycles. The van der Waals surface area contributed by atoms with Gasteiger partial charge >= 0.3 is 12.0 Å². The molecule has 0 spiro atoms. The Hall–Kier alpha value is -2.22. The molecule has 2 rings (SSSR count). The highest BCUT2D eigenvalue weighted by Gasteiger charge is 2.34. The monoisotopic (exact) mass is 412 g/mol. The van der Waals surface area contributed by atoms with Gasteiger partial charge in [0.1, 0.15) is 0 Å². The van der Waals surface area contributed by atoms with Gasteiger partial charge < -0.3 is 25.2 Å². The number of carbonyl (C=O) groups excluding carboxylic acids is 2. The predicted octanol–water partition coefficient (Wildman–Crippen LogP) is 2.99. The Bertz CT molecular complexity index is 730.